The molecule has 6 heteroatoms. The van der Waals surface area contributed by atoms with Crippen LogP contribution in [0, 0.1) is 18.3 Å². The highest BCUT2D eigenvalue weighted by Crippen LogP contribution is 2.28. The van der Waals surface area contributed by atoms with Crippen molar-refractivity contribution in [2.45, 2.75) is 20.3 Å². The second kappa shape index (κ2) is 8.93. The lowest BCUT2D eigenvalue weighted by atomic mass is 10.1. The maximum atomic E-state index is 12.4. The molecule has 0 radical (unpaired) electrons. The minimum atomic E-state index is -0.549. The Hall–Kier alpha value is -2.97. The van der Waals surface area contributed by atoms with Crippen LogP contribution < -0.4 is 15.4 Å². The Kier molecular flexibility index (Phi) is 6.65. The van der Waals surface area contributed by atoms with Crippen LogP contribution in [-0.4, -0.2) is 13.0 Å². The molecular weight excluding hydrogens is 350 g/mol. The number of benzene rings is 2. The number of hydrogen-bond acceptors (Lipinski definition) is 4. The van der Waals surface area contributed by atoms with Gasteiger partial charge in [-0.1, -0.05) is 36.7 Å². The van der Waals surface area contributed by atoms with Gasteiger partial charge in [0.15, 0.2) is 0 Å². The lowest BCUT2D eigenvalue weighted by molar-refractivity contribution is -0.112. The first-order valence-corrected chi connectivity index (χ1v) is 8.48. The van der Waals surface area contributed by atoms with Crippen molar-refractivity contribution in [3.05, 3.63) is 64.3 Å². The van der Waals surface area contributed by atoms with Crippen molar-refractivity contribution in [3.63, 3.8) is 0 Å². The van der Waals surface area contributed by atoms with Gasteiger partial charge in [-0.2, -0.15) is 5.26 Å². The predicted molar refractivity (Wildman–Crippen MR) is 105 cm³/mol. The predicted octanol–water partition coefficient (Wildman–Crippen LogP) is 4.68. The zero-order valence-electron chi connectivity index (χ0n) is 14.9. The summed E-state index contributed by atoms with van der Waals surface area (Å²) in [6.07, 6.45) is 2.25. The molecule has 0 spiro atoms. The summed E-state index contributed by atoms with van der Waals surface area (Å²) in [6, 6.07) is 12.7. The molecule has 5 nitrogen and oxygen atoms in total. The van der Waals surface area contributed by atoms with Gasteiger partial charge in [-0.05, 0) is 42.7 Å². The molecule has 0 aliphatic rings. The Balaban J connectivity index is 2.24. The van der Waals surface area contributed by atoms with E-state index in [0.717, 1.165) is 23.2 Å². The first-order valence-electron chi connectivity index (χ1n) is 8.10. The van der Waals surface area contributed by atoms with Crippen LogP contribution >= 0.6 is 11.6 Å². The van der Waals surface area contributed by atoms with E-state index in [1.165, 1.54) is 13.3 Å². The number of amides is 1. The molecule has 2 aromatic carbocycles. The first kappa shape index (κ1) is 19.4. The number of carbonyl (C=O) groups is 1. The van der Waals surface area contributed by atoms with Gasteiger partial charge in [-0.25, -0.2) is 0 Å². The number of halogens is 1. The van der Waals surface area contributed by atoms with Crippen LogP contribution in [-0.2, 0) is 11.2 Å². The number of para-hydroxylation sites is 1. The van der Waals surface area contributed by atoms with Gasteiger partial charge in [0, 0.05) is 16.9 Å². The summed E-state index contributed by atoms with van der Waals surface area (Å²) in [5, 5.41) is 15.5. The molecule has 0 aliphatic heterocycles. The second-order valence-electron chi connectivity index (χ2n) is 5.58. The third kappa shape index (κ3) is 4.56. The number of rotatable bonds is 6. The molecule has 0 bridgehead atoms. The molecule has 2 aromatic rings. The Labute approximate surface area is 158 Å². The van der Waals surface area contributed by atoms with Crippen LogP contribution in [0.4, 0.5) is 11.4 Å². The van der Waals surface area contributed by atoms with Crippen molar-refractivity contribution in [1.82, 2.24) is 0 Å². The SMILES string of the molecule is CCc1cccc(C)c1N/C=C(/C#N)C(=O)Nc1cc(Cl)ccc1OC. The van der Waals surface area contributed by atoms with Gasteiger partial charge in [0.1, 0.15) is 17.4 Å². The number of nitrogens with one attached hydrogen (secondary N) is 2. The molecule has 0 heterocycles. The van der Waals surface area contributed by atoms with Crippen molar-refractivity contribution in [2.75, 3.05) is 17.7 Å². The molecular formula is C20H20ClN3O2. The summed E-state index contributed by atoms with van der Waals surface area (Å²) in [7, 11) is 1.49. The topological polar surface area (TPSA) is 74.2 Å². The minimum Gasteiger partial charge on any atom is -0.495 e. The molecule has 0 aromatic heterocycles. The summed E-state index contributed by atoms with van der Waals surface area (Å²) in [5.41, 5.74) is 3.38. The zero-order valence-corrected chi connectivity index (χ0v) is 15.6. The second-order valence-corrected chi connectivity index (χ2v) is 6.01. The first-order chi connectivity index (χ1) is 12.5. The van der Waals surface area contributed by atoms with E-state index >= 15 is 0 Å². The average molecular weight is 370 g/mol. The van der Waals surface area contributed by atoms with Gasteiger partial charge in [0.25, 0.3) is 5.91 Å². The fraction of sp³-hybridized carbons (Fsp3) is 0.200. The zero-order chi connectivity index (χ0) is 19.1. The number of methoxy groups -OCH3 is 1. The minimum absolute atomic E-state index is 0.0580. The number of nitriles is 1. The Morgan fingerprint density at radius 2 is 2.12 bits per heavy atom. The Bertz CT molecular complexity index is 885. The molecule has 1 amide bonds. The summed E-state index contributed by atoms with van der Waals surface area (Å²) in [4.78, 5) is 12.4. The monoisotopic (exact) mass is 369 g/mol. The summed E-state index contributed by atoms with van der Waals surface area (Å²) in [5.74, 6) is -0.0904. The van der Waals surface area contributed by atoms with Gasteiger partial charge in [-0.3, -0.25) is 4.79 Å². The largest absolute Gasteiger partial charge is 0.495 e. The Morgan fingerprint density at radius 3 is 2.77 bits per heavy atom. The van der Waals surface area contributed by atoms with E-state index in [2.05, 4.69) is 10.6 Å². The maximum absolute atomic E-state index is 12.4. The molecule has 26 heavy (non-hydrogen) atoms. The number of nitrogens with zero attached hydrogens (tertiary/aromatic N) is 1. The molecule has 0 saturated carbocycles. The van der Waals surface area contributed by atoms with Crippen LogP contribution in [0.5, 0.6) is 5.75 Å². The van der Waals surface area contributed by atoms with Crippen molar-refractivity contribution in [3.8, 4) is 11.8 Å². The number of carbonyl (C=O) groups excluding carboxylic acids is 1. The van der Waals surface area contributed by atoms with Crippen LogP contribution in [0.25, 0.3) is 0 Å². The molecule has 2 rings (SSSR count). The van der Waals surface area contributed by atoms with Crippen LogP contribution in [0.2, 0.25) is 5.02 Å². The standard InChI is InChI=1S/C20H20ClN3O2/c1-4-14-7-5-6-13(2)19(14)23-12-15(11-22)20(25)24-17-10-16(21)8-9-18(17)26-3/h5-10,12,23H,4H2,1-3H3,(H,24,25)/b15-12-. The van der Waals surface area contributed by atoms with Crippen LogP contribution in [0.15, 0.2) is 48.2 Å². The molecule has 2 N–H and O–H groups in total. The smallest absolute Gasteiger partial charge is 0.267 e. The molecule has 0 aliphatic carbocycles. The molecule has 0 saturated heterocycles. The number of ether oxygens (including phenoxy) is 1. The highest BCUT2D eigenvalue weighted by Gasteiger charge is 2.13. The number of hydrogen-bond donors (Lipinski definition) is 2. The molecule has 0 unspecified atom stereocenters. The summed E-state index contributed by atoms with van der Waals surface area (Å²) in [6.45, 7) is 4.02. The van der Waals surface area contributed by atoms with Gasteiger partial charge >= 0.3 is 0 Å². The highest BCUT2D eigenvalue weighted by atomic mass is 35.5. The fourth-order valence-corrected chi connectivity index (χ4v) is 2.66. The quantitative estimate of drug-likeness (QED) is 0.572. The summed E-state index contributed by atoms with van der Waals surface area (Å²) >= 11 is 5.96. The third-order valence-electron chi connectivity index (χ3n) is 3.88. The van der Waals surface area contributed by atoms with Crippen molar-refractivity contribution in [2.24, 2.45) is 0 Å². The average Bonchev–Trinajstić information content (AvgIpc) is 2.63. The van der Waals surface area contributed by atoms with E-state index in [9.17, 15) is 10.1 Å². The third-order valence-corrected chi connectivity index (χ3v) is 4.11. The van der Waals surface area contributed by atoms with E-state index in [0.29, 0.717) is 16.5 Å². The molecule has 0 fully saturated rings. The normalized spacial score (nSPS) is 10.8. The van der Waals surface area contributed by atoms with Gasteiger partial charge in [0.2, 0.25) is 0 Å². The number of anilines is 2. The molecule has 0 atom stereocenters. The van der Waals surface area contributed by atoms with Crippen molar-refractivity contribution >= 4 is 28.9 Å². The van der Waals surface area contributed by atoms with Gasteiger partial charge in [0.05, 0.1) is 12.8 Å². The van der Waals surface area contributed by atoms with E-state index in [-0.39, 0.29) is 5.57 Å². The van der Waals surface area contributed by atoms with E-state index in [1.807, 2.05) is 38.1 Å². The van der Waals surface area contributed by atoms with Crippen LogP contribution in [0.1, 0.15) is 18.1 Å². The molecule has 134 valence electrons. The van der Waals surface area contributed by atoms with E-state index in [1.54, 1.807) is 18.2 Å². The van der Waals surface area contributed by atoms with Gasteiger partial charge < -0.3 is 15.4 Å². The fourth-order valence-electron chi connectivity index (χ4n) is 2.49. The van der Waals surface area contributed by atoms with Crippen molar-refractivity contribution in [1.29, 1.82) is 5.26 Å². The summed E-state index contributed by atoms with van der Waals surface area (Å²) < 4.78 is 5.20. The number of aryl methyl sites for hydroxylation is 2. The Morgan fingerprint density at radius 1 is 1.35 bits per heavy atom. The lowest BCUT2D eigenvalue weighted by Gasteiger charge is -2.12. The maximum Gasteiger partial charge on any atom is 0.267 e. The van der Waals surface area contributed by atoms with Gasteiger partial charge in [-0.15, -0.1) is 0 Å². The van der Waals surface area contributed by atoms with Crippen LogP contribution in [0.3, 0.4) is 0 Å². The highest BCUT2D eigenvalue weighted by molar-refractivity contribution is 6.31. The van der Waals surface area contributed by atoms with E-state index < -0.39 is 5.91 Å². The van der Waals surface area contributed by atoms with E-state index in [4.69, 9.17) is 16.3 Å². The lowest BCUT2D eigenvalue weighted by Crippen LogP contribution is -2.15. The van der Waals surface area contributed by atoms with Crippen molar-refractivity contribution < 1.29 is 9.53 Å².